The molecule has 1 saturated heterocycles. The average Bonchev–Trinajstić information content (AvgIpc) is 2.86. The number of carbonyl (C=O) groups excluding carboxylic acids is 1. The molecule has 172 valence electrons. The smallest absolute Gasteiger partial charge is 0.141 e. The Labute approximate surface area is 196 Å². The summed E-state index contributed by atoms with van der Waals surface area (Å²) in [4.78, 5) is 22.7. The van der Waals surface area contributed by atoms with Gasteiger partial charge in [0.1, 0.15) is 5.78 Å². The normalized spacial score (nSPS) is 22.5. The first-order chi connectivity index (χ1) is 16.1. The molecule has 2 aliphatic rings. The van der Waals surface area contributed by atoms with Crippen molar-refractivity contribution in [2.45, 2.75) is 32.1 Å². The van der Waals surface area contributed by atoms with Gasteiger partial charge in [-0.25, -0.2) is 0 Å². The quantitative estimate of drug-likeness (QED) is 0.577. The van der Waals surface area contributed by atoms with Gasteiger partial charge in [-0.2, -0.15) is 10.2 Å². The van der Waals surface area contributed by atoms with Crippen LogP contribution in [0.4, 0.5) is 0 Å². The van der Waals surface area contributed by atoms with E-state index in [1.54, 1.807) is 6.20 Å². The minimum Gasteiger partial charge on any atom is -0.304 e. The Morgan fingerprint density at radius 1 is 1.00 bits per heavy atom. The van der Waals surface area contributed by atoms with E-state index in [-0.39, 0.29) is 5.92 Å². The minimum atomic E-state index is 0.192. The molecular weight excluding hydrogens is 410 g/mol. The molecule has 0 spiro atoms. The fourth-order valence-corrected chi connectivity index (χ4v) is 5.28. The maximum absolute atomic E-state index is 13.1. The molecule has 0 amide bonds. The Morgan fingerprint density at radius 2 is 1.82 bits per heavy atom. The molecule has 3 aromatic rings. The molecule has 5 rings (SSSR count). The van der Waals surface area contributed by atoms with Crippen LogP contribution in [0.1, 0.15) is 31.4 Å². The lowest BCUT2D eigenvalue weighted by molar-refractivity contribution is -0.123. The molecular formula is C27H33N5O. The molecule has 0 unspecified atom stereocenters. The van der Waals surface area contributed by atoms with E-state index < -0.39 is 0 Å². The van der Waals surface area contributed by atoms with Crippen molar-refractivity contribution in [2.75, 3.05) is 39.8 Å². The molecule has 1 aliphatic heterocycles. The molecule has 1 saturated carbocycles. The van der Waals surface area contributed by atoms with Crippen LogP contribution in [0.2, 0.25) is 0 Å². The summed E-state index contributed by atoms with van der Waals surface area (Å²) < 4.78 is 0. The number of piperazine rings is 1. The van der Waals surface area contributed by atoms with Crippen LogP contribution in [0.3, 0.4) is 0 Å². The standard InChI is InChI=1S/C27H33N5O/c1-31-11-13-32(14-12-31)19-20-4-6-21(7-5-20)27(33)17-25-16-24-15-22(8-9-23(24)18-28-25)26-3-2-10-29-30-26/h2-3,8-10,15-16,18,20-21H,4-7,11-14,17,19H2,1H3. The van der Waals surface area contributed by atoms with E-state index in [1.807, 2.05) is 24.4 Å². The molecule has 1 aliphatic carbocycles. The zero-order chi connectivity index (χ0) is 22.6. The zero-order valence-corrected chi connectivity index (χ0v) is 19.5. The number of ketones is 1. The van der Waals surface area contributed by atoms with Gasteiger partial charge in [-0.3, -0.25) is 9.78 Å². The van der Waals surface area contributed by atoms with E-state index >= 15 is 0 Å². The monoisotopic (exact) mass is 443 g/mol. The number of hydrogen-bond donors (Lipinski definition) is 0. The van der Waals surface area contributed by atoms with E-state index in [1.165, 1.54) is 45.6 Å². The molecule has 0 N–H and O–H groups in total. The fraction of sp³-hybridized carbons (Fsp3) is 0.481. The van der Waals surface area contributed by atoms with Gasteiger partial charge in [-0.05, 0) is 68.3 Å². The molecule has 1 aromatic carbocycles. The SMILES string of the molecule is CN1CCN(CC2CCC(C(=O)Cc3cc4cc(-c5cccnn5)ccc4cn3)CC2)CC1. The Balaban J connectivity index is 1.18. The number of hydrogen-bond acceptors (Lipinski definition) is 6. The minimum absolute atomic E-state index is 0.192. The van der Waals surface area contributed by atoms with Crippen molar-refractivity contribution in [3.63, 3.8) is 0 Å². The van der Waals surface area contributed by atoms with Crippen molar-refractivity contribution in [1.29, 1.82) is 0 Å². The predicted molar refractivity (Wildman–Crippen MR) is 131 cm³/mol. The third kappa shape index (κ3) is 5.45. The van der Waals surface area contributed by atoms with E-state index in [0.717, 1.165) is 46.5 Å². The third-order valence-electron chi connectivity index (χ3n) is 7.42. The first-order valence-electron chi connectivity index (χ1n) is 12.2. The summed E-state index contributed by atoms with van der Waals surface area (Å²) in [5, 5.41) is 10.4. The predicted octanol–water partition coefficient (Wildman–Crippen LogP) is 3.86. The highest BCUT2D eigenvalue weighted by Crippen LogP contribution is 2.31. The molecule has 0 bridgehead atoms. The Hall–Kier alpha value is -2.70. The Bertz CT molecular complexity index is 1090. The molecule has 2 fully saturated rings. The number of Topliss-reactive ketones (excluding diaryl/α,β-unsaturated/α-hetero) is 1. The number of nitrogens with zero attached hydrogens (tertiary/aromatic N) is 5. The number of pyridine rings is 1. The lowest BCUT2D eigenvalue weighted by Gasteiger charge is -2.36. The number of carbonyl (C=O) groups is 1. The number of rotatable bonds is 6. The number of benzene rings is 1. The summed E-state index contributed by atoms with van der Waals surface area (Å²) in [6, 6.07) is 12.1. The second kappa shape index (κ2) is 10.1. The van der Waals surface area contributed by atoms with Gasteiger partial charge >= 0.3 is 0 Å². The summed E-state index contributed by atoms with van der Waals surface area (Å²) in [5.41, 5.74) is 2.74. The topological polar surface area (TPSA) is 62.2 Å². The molecule has 33 heavy (non-hydrogen) atoms. The van der Waals surface area contributed by atoms with Crippen molar-refractivity contribution in [3.05, 3.63) is 54.5 Å². The maximum atomic E-state index is 13.1. The van der Waals surface area contributed by atoms with Gasteiger partial charge < -0.3 is 9.80 Å². The van der Waals surface area contributed by atoms with Crippen LogP contribution in [0.5, 0.6) is 0 Å². The summed E-state index contributed by atoms with van der Waals surface area (Å²) >= 11 is 0. The third-order valence-corrected chi connectivity index (χ3v) is 7.42. The summed E-state index contributed by atoms with van der Waals surface area (Å²) in [7, 11) is 2.20. The van der Waals surface area contributed by atoms with Crippen LogP contribution in [-0.2, 0) is 11.2 Å². The maximum Gasteiger partial charge on any atom is 0.141 e. The lowest BCUT2D eigenvalue weighted by Crippen LogP contribution is -2.46. The lowest BCUT2D eigenvalue weighted by atomic mass is 9.79. The van der Waals surface area contributed by atoms with Crippen molar-refractivity contribution in [3.8, 4) is 11.3 Å². The van der Waals surface area contributed by atoms with Crippen LogP contribution in [0, 0.1) is 11.8 Å². The van der Waals surface area contributed by atoms with Crippen LogP contribution >= 0.6 is 0 Å². The van der Waals surface area contributed by atoms with Crippen LogP contribution in [-0.4, -0.2) is 70.5 Å². The van der Waals surface area contributed by atoms with E-state index in [2.05, 4.69) is 50.2 Å². The van der Waals surface area contributed by atoms with E-state index in [9.17, 15) is 4.79 Å². The Morgan fingerprint density at radius 3 is 2.58 bits per heavy atom. The second-order valence-corrected chi connectivity index (χ2v) is 9.81. The van der Waals surface area contributed by atoms with Crippen molar-refractivity contribution in [1.82, 2.24) is 25.0 Å². The van der Waals surface area contributed by atoms with Crippen LogP contribution in [0.15, 0.2) is 48.8 Å². The molecule has 0 atom stereocenters. The molecule has 2 aromatic heterocycles. The highest BCUT2D eigenvalue weighted by atomic mass is 16.1. The highest BCUT2D eigenvalue weighted by molar-refractivity contribution is 5.88. The van der Waals surface area contributed by atoms with Crippen molar-refractivity contribution in [2.24, 2.45) is 11.8 Å². The fourth-order valence-electron chi connectivity index (χ4n) is 5.28. The van der Waals surface area contributed by atoms with E-state index in [4.69, 9.17) is 0 Å². The summed E-state index contributed by atoms with van der Waals surface area (Å²) in [6.07, 6.45) is 8.40. The summed E-state index contributed by atoms with van der Waals surface area (Å²) in [5.74, 6) is 1.29. The molecule has 6 heteroatoms. The van der Waals surface area contributed by atoms with Crippen molar-refractivity contribution >= 4 is 16.6 Å². The van der Waals surface area contributed by atoms with Crippen LogP contribution < -0.4 is 0 Å². The number of fused-ring (bicyclic) bond motifs is 1. The zero-order valence-electron chi connectivity index (χ0n) is 19.5. The molecule has 3 heterocycles. The first kappa shape index (κ1) is 22.1. The highest BCUT2D eigenvalue weighted by Gasteiger charge is 2.28. The molecule has 0 radical (unpaired) electrons. The van der Waals surface area contributed by atoms with Gasteiger partial charge in [0.15, 0.2) is 0 Å². The van der Waals surface area contributed by atoms with Gasteiger partial charge in [0.25, 0.3) is 0 Å². The van der Waals surface area contributed by atoms with Gasteiger partial charge in [0.05, 0.1) is 5.69 Å². The van der Waals surface area contributed by atoms with Gasteiger partial charge in [0.2, 0.25) is 0 Å². The average molecular weight is 444 g/mol. The Kier molecular flexibility index (Phi) is 6.74. The van der Waals surface area contributed by atoms with Crippen LogP contribution in [0.25, 0.3) is 22.0 Å². The second-order valence-electron chi connectivity index (χ2n) is 9.81. The number of likely N-dealkylation sites (N-methyl/N-ethyl adjacent to an activating group) is 1. The van der Waals surface area contributed by atoms with Crippen molar-refractivity contribution < 1.29 is 4.79 Å². The summed E-state index contributed by atoms with van der Waals surface area (Å²) in [6.45, 7) is 5.91. The van der Waals surface area contributed by atoms with E-state index in [0.29, 0.717) is 12.2 Å². The first-order valence-corrected chi connectivity index (χ1v) is 12.2. The van der Waals surface area contributed by atoms with Gasteiger partial charge in [-0.1, -0.05) is 12.1 Å². The van der Waals surface area contributed by atoms with Gasteiger partial charge in [-0.15, -0.1) is 0 Å². The largest absolute Gasteiger partial charge is 0.304 e. The number of aromatic nitrogens is 3. The molecule has 6 nitrogen and oxygen atoms in total. The van der Waals surface area contributed by atoms with Gasteiger partial charge in [0, 0.05) is 74.1 Å².